The van der Waals surface area contributed by atoms with Crippen molar-refractivity contribution in [2.45, 2.75) is 25.2 Å². The topological polar surface area (TPSA) is 54.0 Å². The maximum absolute atomic E-state index is 11.1. The lowest BCUT2D eigenvalue weighted by atomic mass is 10.1. The molecule has 0 N–H and O–H groups in total. The maximum Gasteiger partial charge on any atom is 0.308 e. The largest absolute Gasteiger partial charge is 0.497 e. The fourth-order valence-electron chi connectivity index (χ4n) is 1.98. The molecule has 1 aliphatic heterocycles. The maximum atomic E-state index is 11.1. The highest BCUT2D eigenvalue weighted by Gasteiger charge is 2.28. The van der Waals surface area contributed by atoms with Crippen molar-refractivity contribution >= 4 is 5.97 Å². The number of carbonyl (C=O) groups excluding carboxylic acids is 1. The second-order valence-electron chi connectivity index (χ2n) is 4.36. The van der Waals surface area contributed by atoms with Gasteiger partial charge in [-0.3, -0.25) is 4.79 Å². The molecule has 1 saturated heterocycles. The van der Waals surface area contributed by atoms with Crippen molar-refractivity contribution in [1.82, 2.24) is 0 Å². The molecule has 0 saturated carbocycles. The predicted molar refractivity (Wildman–Crippen MR) is 67.9 cm³/mol. The van der Waals surface area contributed by atoms with E-state index in [4.69, 9.17) is 14.2 Å². The minimum atomic E-state index is -0.318. The van der Waals surface area contributed by atoms with Crippen molar-refractivity contribution in [1.29, 1.82) is 0 Å². The molecule has 0 bridgehead atoms. The van der Waals surface area contributed by atoms with Crippen molar-refractivity contribution in [2.24, 2.45) is 0 Å². The average Bonchev–Trinajstić information content (AvgIpc) is 2.86. The summed E-state index contributed by atoms with van der Waals surface area (Å²) in [6.45, 7) is 0.420. The first-order valence-corrected chi connectivity index (χ1v) is 6.18. The van der Waals surface area contributed by atoms with Crippen molar-refractivity contribution in [3.05, 3.63) is 29.8 Å². The van der Waals surface area contributed by atoms with Crippen molar-refractivity contribution in [3.8, 4) is 5.75 Å². The Morgan fingerprint density at radius 2 is 2.26 bits per heavy atom. The number of hydrogen-bond acceptors (Lipinski definition) is 5. The minimum absolute atomic E-state index is 0.219. The van der Waals surface area contributed by atoms with E-state index in [-0.39, 0.29) is 24.8 Å². The van der Waals surface area contributed by atoms with E-state index in [1.807, 2.05) is 24.3 Å². The minimum Gasteiger partial charge on any atom is -0.497 e. The van der Waals surface area contributed by atoms with Crippen molar-refractivity contribution in [2.75, 3.05) is 20.8 Å². The summed E-state index contributed by atoms with van der Waals surface area (Å²) in [6, 6.07) is 7.75. The molecule has 0 aliphatic carbocycles. The molecule has 5 nitrogen and oxygen atoms in total. The molecular weight excluding hydrogens is 248 g/mol. The number of rotatable bonds is 5. The van der Waals surface area contributed by atoms with Crippen LogP contribution in [0.25, 0.3) is 0 Å². The summed E-state index contributed by atoms with van der Waals surface area (Å²) < 4.78 is 20.9. The van der Waals surface area contributed by atoms with Crippen LogP contribution in [0.3, 0.4) is 0 Å². The van der Waals surface area contributed by atoms with Gasteiger partial charge in [-0.1, -0.05) is 12.1 Å². The number of esters is 1. The Morgan fingerprint density at radius 1 is 1.42 bits per heavy atom. The Balaban J connectivity index is 1.85. The predicted octanol–water partition coefficient (Wildman–Crippen LogP) is 1.54. The molecule has 2 atom stereocenters. The van der Waals surface area contributed by atoms with E-state index in [1.165, 1.54) is 7.11 Å². The molecule has 1 fully saturated rings. The number of methoxy groups -OCH3 is 2. The summed E-state index contributed by atoms with van der Waals surface area (Å²) in [6.07, 6.45) is 0.324. The molecule has 104 valence electrons. The van der Waals surface area contributed by atoms with E-state index >= 15 is 0 Å². The highest BCUT2D eigenvalue weighted by atomic mass is 16.7. The zero-order valence-corrected chi connectivity index (χ0v) is 11.1. The molecule has 5 heteroatoms. The third kappa shape index (κ3) is 3.94. The monoisotopic (exact) mass is 266 g/mol. The summed E-state index contributed by atoms with van der Waals surface area (Å²) in [4.78, 5) is 11.1. The van der Waals surface area contributed by atoms with Gasteiger partial charge in [0.2, 0.25) is 0 Å². The van der Waals surface area contributed by atoms with Crippen LogP contribution in [0.5, 0.6) is 5.75 Å². The third-order valence-electron chi connectivity index (χ3n) is 2.97. The number of ether oxygens (including phenoxy) is 4. The molecular formula is C14H18O5. The Labute approximate surface area is 112 Å². The van der Waals surface area contributed by atoms with E-state index in [0.717, 1.165) is 11.3 Å². The molecule has 1 aromatic carbocycles. The molecule has 1 aromatic rings. The molecule has 2 rings (SSSR count). The zero-order chi connectivity index (χ0) is 13.7. The van der Waals surface area contributed by atoms with Crippen LogP contribution in [-0.2, 0) is 25.4 Å². The fraction of sp³-hybridized carbons (Fsp3) is 0.500. The van der Waals surface area contributed by atoms with Crippen LogP contribution in [-0.4, -0.2) is 39.2 Å². The van der Waals surface area contributed by atoms with E-state index in [1.54, 1.807) is 7.11 Å². The van der Waals surface area contributed by atoms with E-state index < -0.39 is 0 Å². The summed E-state index contributed by atoms with van der Waals surface area (Å²) >= 11 is 0. The van der Waals surface area contributed by atoms with Gasteiger partial charge in [-0.2, -0.15) is 0 Å². The van der Waals surface area contributed by atoms with Crippen LogP contribution in [0.4, 0.5) is 0 Å². The Kier molecular flexibility index (Phi) is 4.76. The van der Waals surface area contributed by atoms with Gasteiger partial charge < -0.3 is 18.9 Å². The molecule has 19 heavy (non-hydrogen) atoms. The van der Waals surface area contributed by atoms with Crippen molar-refractivity contribution in [3.63, 3.8) is 0 Å². The van der Waals surface area contributed by atoms with Crippen molar-refractivity contribution < 1.29 is 23.7 Å². The first-order chi connectivity index (χ1) is 9.21. The van der Waals surface area contributed by atoms with Crippen LogP contribution < -0.4 is 4.74 Å². The zero-order valence-electron chi connectivity index (χ0n) is 11.1. The second-order valence-corrected chi connectivity index (χ2v) is 4.36. The first-order valence-electron chi connectivity index (χ1n) is 6.18. The van der Waals surface area contributed by atoms with Crippen LogP contribution in [0.15, 0.2) is 24.3 Å². The van der Waals surface area contributed by atoms with E-state index in [2.05, 4.69) is 4.74 Å². The molecule has 0 spiro atoms. The Morgan fingerprint density at radius 3 is 3.00 bits per heavy atom. The van der Waals surface area contributed by atoms with Crippen LogP contribution in [0.2, 0.25) is 0 Å². The SMILES string of the molecule is COC(=O)CC1COC(Cc2cccc(OC)c2)O1. The summed E-state index contributed by atoms with van der Waals surface area (Å²) in [5.41, 5.74) is 1.07. The lowest BCUT2D eigenvalue weighted by Crippen LogP contribution is -2.18. The molecule has 1 heterocycles. The second kappa shape index (κ2) is 6.54. The number of benzene rings is 1. The third-order valence-corrected chi connectivity index (χ3v) is 2.97. The molecule has 2 unspecified atom stereocenters. The lowest BCUT2D eigenvalue weighted by Gasteiger charge is -2.11. The standard InChI is InChI=1S/C14H18O5/c1-16-11-5-3-4-10(6-11)7-14-18-9-12(19-14)8-13(15)17-2/h3-6,12,14H,7-9H2,1-2H3. The summed E-state index contributed by atoms with van der Waals surface area (Å²) in [5, 5.41) is 0. The van der Waals surface area contributed by atoms with Gasteiger partial charge in [0.25, 0.3) is 0 Å². The normalized spacial score (nSPS) is 22.2. The van der Waals surface area contributed by atoms with Gasteiger partial charge in [0.1, 0.15) is 5.75 Å². The smallest absolute Gasteiger partial charge is 0.308 e. The summed E-state index contributed by atoms with van der Waals surface area (Å²) in [5.74, 6) is 0.525. The summed E-state index contributed by atoms with van der Waals surface area (Å²) in [7, 11) is 3.00. The van der Waals surface area contributed by atoms with Gasteiger partial charge >= 0.3 is 5.97 Å². The Hall–Kier alpha value is -1.59. The van der Waals surface area contributed by atoms with Gasteiger partial charge in [-0.25, -0.2) is 0 Å². The Bertz CT molecular complexity index is 432. The quantitative estimate of drug-likeness (QED) is 0.757. The highest BCUT2D eigenvalue weighted by Crippen LogP contribution is 2.20. The van der Waals surface area contributed by atoms with E-state index in [9.17, 15) is 4.79 Å². The molecule has 0 aromatic heterocycles. The fourth-order valence-corrected chi connectivity index (χ4v) is 1.98. The number of hydrogen-bond donors (Lipinski definition) is 0. The molecule has 1 aliphatic rings. The highest BCUT2D eigenvalue weighted by molar-refractivity contribution is 5.69. The number of carbonyl (C=O) groups is 1. The van der Waals surface area contributed by atoms with Gasteiger partial charge in [0.05, 0.1) is 33.4 Å². The van der Waals surface area contributed by atoms with Gasteiger partial charge in [-0.05, 0) is 17.7 Å². The average molecular weight is 266 g/mol. The van der Waals surface area contributed by atoms with Gasteiger partial charge in [0, 0.05) is 6.42 Å². The first kappa shape index (κ1) is 13.8. The van der Waals surface area contributed by atoms with Gasteiger partial charge in [0.15, 0.2) is 6.29 Å². The van der Waals surface area contributed by atoms with Crippen LogP contribution in [0, 0.1) is 0 Å². The lowest BCUT2D eigenvalue weighted by molar-refractivity contribution is -0.143. The van der Waals surface area contributed by atoms with Crippen LogP contribution in [0.1, 0.15) is 12.0 Å². The molecule has 0 radical (unpaired) electrons. The van der Waals surface area contributed by atoms with Crippen LogP contribution >= 0.6 is 0 Å². The van der Waals surface area contributed by atoms with E-state index in [0.29, 0.717) is 13.0 Å². The van der Waals surface area contributed by atoms with Gasteiger partial charge in [-0.15, -0.1) is 0 Å². The molecule has 0 amide bonds.